The van der Waals surface area contributed by atoms with Gasteiger partial charge in [-0.05, 0) is 31.3 Å². The Bertz CT molecular complexity index is 1040. The van der Waals surface area contributed by atoms with Gasteiger partial charge in [0.15, 0.2) is 11.5 Å². The number of hydrogen-bond acceptors (Lipinski definition) is 6. The molecule has 0 radical (unpaired) electrons. The second-order valence-corrected chi connectivity index (χ2v) is 9.03. The monoisotopic (exact) mass is 451 g/mol. The standard InChI is InChI=1S/C21H26FN3O5S/c1-23-10-12-24(13-11-23)21(26)15-25(18-7-5-4-6-17(18)22)31(27,28)16-8-9-19(29-2)20(14-16)30-3/h4-9,14H,10-13,15H2,1-3H3. The maximum absolute atomic E-state index is 14.6. The molecule has 10 heteroatoms. The summed E-state index contributed by atoms with van der Waals surface area (Å²) in [6.07, 6.45) is 0. The van der Waals surface area contributed by atoms with E-state index >= 15 is 0 Å². The molecule has 31 heavy (non-hydrogen) atoms. The Kier molecular flexibility index (Phi) is 7.01. The SMILES string of the molecule is COc1ccc(S(=O)(=O)N(CC(=O)N2CCN(C)CC2)c2ccccc2F)cc1OC. The summed E-state index contributed by atoms with van der Waals surface area (Å²) in [6, 6.07) is 9.57. The van der Waals surface area contributed by atoms with Gasteiger partial charge in [0.1, 0.15) is 12.4 Å². The summed E-state index contributed by atoms with van der Waals surface area (Å²) in [4.78, 5) is 16.5. The Balaban J connectivity index is 2.00. The summed E-state index contributed by atoms with van der Waals surface area (Å²) in [5.74, 6) is -0.562. The molecule has 0 atom stereocenters. The molecular weight excluding hydrogens is 425 g/mol. The normalized spacial score (nSPS) is 14.9. The van der Waals surface area contributed by atoms with Crippen molar-refractivity contribution in [3.8, 4) is 11.5 Å². The molecular formula is C21H26FN3O5S. The van der Waals surface area contributed by atoms with E-state index in [4.69, 9.17) is 9.47 Å². The molecule has 1 heterocycles. The first kappa shape index (κ1) is 22.8. The van der Waals surface area contributed by atoms with Crippen molar-refractivity contribution in [2.45, 2.75) is 4.90 Å². The van der Waals surface area contributed by atoms with Crippen LogP contribution >= 0.6 is 0 Å². The molecule has 0 unspecified atom stereocenters. The van der Waals surface area contributed by atoms with Crippen LogP contribution in [0.1, 0.15) is 0 Å². The van der Waals surface area contributed by atoms with Crippen molar-refractivity contribution in [1.29, 1.82) is 0 Å². The number of nitrogens with zero attached hydrogens (tertiary/aromatic N) is 3. The lowest BCUT2D eigenvalue weighted by atomic mass is 10.3. The van der Waals surface area contributed by atoms with E-state index in [0.717, 1.165) is 10.4 Å². The van der Waals surface area contributed by atoms with E-state index < -0.39 is 22.4 Å². The van der Waals surface area contributed by atoms with Gasteiger partial charge in [0.05, 0.1) is 24.8 Å². The number of sulfonamides is 1. The molecule has 1 amide bonds. The van der Waals surface area contributed by atoms with E-state index in [1.54, 1.807) is 4.90 Å². The summed E-state index contributed by atoms with van der Waals surface area (Å²) >= 11 is 0. The Labute approximate surface area is 181 Å². The average Bonchev–Trinajstić information content (AvgIpc) is 2.77. The number of anilines is 1. The fourth-order valence-corrected chi connectivity index (χ4v) is 4.77. The van der Waals surface area contributed by atoms with E-state index in [2.05, 4.69) is 4.90 Å². The van der Waals surface area contributed by atoms with Crippen molar-refractivity contribution in [1.82, 2.24) is 9.80 Å². The van der Waals surface area contributed by atoms with Crippen LogP contribution in [0.4, 0.5) is 10.1 Å². The first-order chi connectivity index (χ1) is 14.8. The summed E-state index contributed by atoms with van der Waals surface area (Å²) in [6.45, 7) is 1.83. The van der Waals surface area contributed by atoms with Gasteiger partial charge in [-0.2, -0.15) is 0 Å². The minimum atomic E-state index is -4.28. The molecule has 168 valence electrons. The van der Waals surface area contributed by atoms with Crippen LogP contribution in [0.15, 0.2) is 47.4 Å². The molecule has 0 spiro atoms. The lowest BCUT2D eigenvalue weighted by Crippen LogP contribution is -2.51. The average molecular weight is 452 g/mol. The molecule has 1 fully saturated rings. The smallest absolute Gasteiger partial charge is 0.265 e. The molecule has 0 aliphatic carbocycles. The van der Waals surface area contributed by atoms with Crippen molar-refractivity contribution in [2.24, 2.45) is 0 Å². The fourth-order valence-electron chi connectivity index (χ4n) is 3.34. The third-order valence-electron chi connectivity index (χ3n) is 5.20. The number of hydrogen-bond donors (Lipinski definition) is 0. The number of para-hydroxylation sites is 1. The van der Waals surface area contributed by atoms with Crippen molar-refractivity contribution in [2.75, 3.05) is 58.3 Å². The number of piperazine rings is 1. The number of benzene rings is 2. The molecule has 3 rings (SSSR count). The van der Waals surface area contributed by atoms with Crippen molar-refractivity contribution in [3.63, 3.8) is 0 Å². The van der Waals surface area contributed by atoms with Crippen molar-refractivity contribution in [3.05, 3.63) is 48.3 Å². The zero-order valence-electron chi connectivity index (χ0n) is 17.7. The number of halogens is 1. The number of carbonyl (C=O) groups excluding carboxylic acids is 1. The Hall–Kier alpha value is -2.85. The molecule has 2 aromatic carbocycles. The van der Waals surface area contributed by atoms with E-state index in [1.165, 1.54) is 50.6 Å². The second kappa shape index (κ2) is 9.52. The zero-order valence-corrected chi connectivity index (χ0v) is 18.6. The lowest BCUT2D eigenvalue weighted by molar-refractivity contribution is -0.131. The van der Waals surface area contributed by atoms with Crippen LogP contribution in [-0.2, 0) is 14.8 Å². The number of likely N-dealkylation sites (N-methyl/N-ethyl adjacent to an activating group) is 1. The molecule has 1 aliphatic rings. The fraction of sp³-hybridized carbons (Fsp3) is 0.381. The quantitative estimate of drug-likeness (QED) is 0.639. The number of ether oxygens (including phenoxy) is 2. The third-order valence-corrected chi connectivity index (χ3v) is 6.95. The number of amides is 1. The lowest BCUT2D eigenvalue weighted by Gasteiger charge is -2.34. The number of rotatable bonds is 7. The highest BCUT2D eigenvalue weighted by atomic mass is 32.2. The van der Waals surface area contributed by atoms with Gasteiger partial charge in [0, 0.05) is 32.2 Å². The molecule has 0 aromatic heterocycles. The minimum Gasteiger partial charge on any atom is -0.493 e. The van der Waals surface area contributed by atoms with Crippen LogP contribution in [0.3, 0.4) is 0 Å². The summed E-state index contributed by atoms with van der Waals surface area (Å²) in [7, 11) is 0.500. The van der Waals surface area contributed by atoms with Crippen LogP contribution in [0, 0.1) is 5.82 Å². The first-order valence-corrected chi connectivity index (χ1v) is 11.2. The Morgan fingerprint density at radius 2 is 1.68 bits per heavy atom. The summed E-state index contributed by atoms with van der Waals surface area (Å²) in [5, 5.41) is 0. The molecule has 2 aromatic rings. The van der Waals surface area contributed by atoms with Crippen molar-refractivity contribution < 1.29 is 27.1 Å². The van der Waals surface area contributed by atoms with Gasteiger partial charge in [-0.1, -0.05) is 12.1 Å². The second-order valence-electron chi connectivity index (χ2n) is 7.16. The van der Waals surface area contributed by atoms with Crippen LogP contribution in [0.5, 0.6) is 11.5 Å². The third kappa shape index (κ3) is 4.91. The largest absolute Gasteiger partial charge is 0.493 e. The maximum Gasteiger partial charge on any atom is 0.265 e. The minimum absolute atomic E-state index is 0.139. The van der Waals surface area contributed by atoms with Gasteiger partial charge in [0.2, 0.25) is 5.91 Å². The van der Waals surface area contributed by atoms with Gasteiger partial charge in [-0.3, -0.25) is 9.10 Å². The Morgan fingerprint density at radius 1 is 1.03 bits per heavy atom. The van der Waals surface area contributed by atoms with Gasteiger partial charge in [-0.15, -0.1) is 0 Å². The van der Waals surface area contributed by atoms with E-state index in [1.807, 2.05) is 7.05 Å². The van der Waals surface area contributed by atoms with Crippen LogP contribution in [0.25, 0.3) is 0 Å². The van der Waals surface area contributed by atoms with Gasteiger partial charge >= 0.3 is 0 Å². The predicted octanol–water partition coefficient (Wildman–Crippen LogP) is 1.81. The number of methoxy groups -OCH3 is 2. The predicted molar refractivity (Wildman–Crippen MR) is 115 cm³/mol. The Morgan fingerprint density at radius 3 is 2.29 bits per heavy atom. The first-order valence-electron chi connectivity index (χ1n) is 9.73. The van der Waals surface area contributed by atoms with Crippen LogP contribution in [0.2, 0.25) is 0 Å². The highest BCUT2D eigenvalue weighted by molar-refractivity contribution is 7.92. The highest BCUT2D eigenvalue weighted by Crippen LogP contribution is 2.33. The molecule has 0 bridgehead atoms. The molecule has 0 saturated carbocycles. The summed E-state index contributed by atoms with van der Waals surface area (Å²) in [5.41, 5.74) is -0.195. The topological polar surface area (TPSA) is 79.4 Å². The van der Waals surface area contributed by atoms with Gasteiger partial charge < -0.3 is 19.3 Å². The highest BCUT2D eigenvalue weighted by Gasteiger charge is 2.32. The van der Waals surface area contributed by atoms with Crippen LogP contribution < -0.4 is 13.8 Å². The molecule has 0 N–H and O–H groups in total. The van der Waals surface area contributed by atoms with Gasteiger partial charge in [0.25, 0.3) is 10.0 Å². The number of carbonyl (C=O) groups is 1. The maximum atomic E-state index is 14.6. The zero-order chi connectivity index (χ0) is 22.6. The van der Waals surface area contributed by atoms with Gasteiger partial charge in [-0.25, -0.2) is 12.8 Å². The van der Waals surface area contributed by atoms with E-state index in [-0.39, 0.29) is 22.2 Å². The molecule has 8 nitrogen and oxygen atoms in total. The summed E-state index contributed by atoms with van der Waals surface area (Å²) < 4.78 is 52.8. The van der Waals surface area contributed by atoms with Crippen LogP contribution in [-0.4, -0.2) is 78.1 Å². The molecule has 1 aliphatic heterocycles. The van der Waals surface area contributed by atoms with Crippen molar-refractivity contribution >= 4 is 21.6 Å². The molecule has 1 saturated heterocycles. The van der Waals surface area contributed by atoms with E-state index in [0.29, 0.717) is 31.9 Å². The van der Waals surface area contributed by atoms with E-state index in [9.17, 15) is 17.6 Å².